The highest BCUT2D eigenvalue weighted by molar-refractivity contribution is 6.71. The number of fused-ring (bicyclic) bond motifs is 2. The number of aromatic nitrogens is 1. The largest absolute Gasteiger partial charge is 0.651 e. The Morgan fingerprint density at radius 2 is 1.82 bits per heavy atom. The number of aliphatic hydroxyl groups is 1. The maximum absolute atomic E-state index is 13.6. The summed E-state index contributed by atoms with van der Waals surface area (Å²) in [6, 6.07) is 12.1. The van der Waals surface area contributed by atoms with Gasteiger partial charge < -0.3 is 29.3 Å². The SMILES string of the molecule is COC(=O)[C@H]1[C@H]2O[B-](C(CC(=O)[C@@H](NC(=O)c3cccc(-c4ccccc4)n3)[C@@H](C)O)CC(C)C)(OC2=O)N1C. The number of rotatable bonds is 11. The number of nitrogens with one attached hydrogen (secondary N) is 1. The molecule has 4 rings (SSSR count). The smallest absolute Gasteiger partial charge is 0.378 e. The molecule has 0 radical (unpaired) electrons. The lowest BCUT2D eigenvalue weighted by Gasteiger charge is -2.48. The van der Waals surface area contributed by atoms with E-state index in [1.165, 1.54) is 20.1 Å². The van der Waals surface area contributed by atoms with E-state index in [0.717, 1.165) is 5.56 Å². The zero-order chi connectivity index (χ0) is 29.2. The molecular formula is C28H35BN3O8-. The molecule has 1 aromatic carbocycles. The number of likely N-dealkylation sites (N-methyl/N-ethyl adjacent to an activating group) is 1. The van der Waals surface area contributed by atoms with E-state index in [9.17, 15) is 24.3 Å². The first-order valence-electron chi connectivity index (χ1n) is 13.4. The first-order chi connectivity index (χ1) is 19.0. The van der Waals surface area contributed by atoms with E-state index in [1.54, 1.807) is 24.0 Å². The van der Waals surface area contributed by atoms with Gasteiger partial charge in [-0.05, 0) is 38.4 Å². The second-order valence-corrected chi connectivity index (χ2v) is 10.9. The maximum atomic E-state index is 13.6. The molecular weight excluding hydrogens is 517 g/mol. The van der Waals surface area contributed by atoms with Crippen molar-refractivity contribution in [1.82, 2.24) is 15.1 Å². The van der Waals surface area contributed by atoms with Crippen molar-refractivity contribution in [2.45, 2.75) is 63.7 Å². The van der Waals surface area contributed by atoms with E-state index in [4.69, 9.17) is 14.0 Å². The third kappa shape index (κ3) is 5.65. The van der Waals surface area contributed by atoms with Crippen LogP contribution in [0, 0.1) is 5.92 Å². The highest BCUT2D eigenvalue weighted by atomic mass is 16.7. The molecule has 1 aromatic heterocycles. The van der Waals surface area contributed by atoms with Crippen molar-refractivity contribution in [2.75, 3.05) is 14.2 Å². The minimum atomic E-state index is -2.52. The number of hydrogen-bond acceptors (Lipinski definition) is 10. The van der Waals surface area contributed by atoms with Crippen LogP contribution in [0.25, 0.3) is 11.3 Å². The van der Waals surface area contributed by atoms with Crippen molar-refractivity contribution < 1.29 is 38.3 Å². The van der Waals surface area contributed by atoms with Gasteiger partial charge >= 0.3 is 12.7 Å². The summed E-state index contributed by atoms with van der Waals surface area (Å²) in [6.07, 6.45) is -2.13. The summed E-state index contributed by atoms with van der Waals surface area (Å²) in [4.78, 5) is 57.8. The fourth-order valence-corrected chi connectivity index (χ4v) is 5.71. The van der Waals surface area contributed by atoms with Crippen LogP contribution in [-0.2, 0) is 28.4 Å². The molecule has 2 bridgehead atoms. The molecule has 3 heterocycles. The molecule has 2 aliphatic rings. The van der Waals surface area contributed by atoms with Gasteiger partial charge in [-0.3, -0.25) is 19.2 Å². The van der Waals surface area contributed by atoms with Gasteiger partial charge in [0, 0.05) is 5.56 Å². The molecule has 214 valence electrons. The molecule has 2 saturated heterocycles. The Bertz CT molecular complexity index is 1270. The van der Waals surface area contributed by atoms with Gasteiger partial charge in [0.1, 0.15) is 23.9 Å². The van der Waals surface area contributed by atoms with Gasteiger partial charge in [-0.1, -0.05) is 62.5 Å². The Labute approximate surface area is 233 Å². The number of carbonyl (C=O) groups is 4. The Kier molecular flexibility index (Phi) is 8.72. The number of nitrogens with zero attached hydrogens (tertiary/aromatic N) is 2. The summed E-state index contributed by atoms with van der Waals surface area (Å²) >= 11 is 0. The minimum absolute atomic E-state index is 0.0745. The molecule has 2 unspecified atom stereocenters. The molecule has 2 aliphatic heterocycles. The van der Waals surface area contributed by atoms with Crippen LogP contribution in [0.4, 0.5) is 0 Å². The topological polar surface area (TPSA) is 144 Å². The number of pyridine rings is 1. The first-order valence-corrected chi connectivity index (χ1v) is 13.4. The van der Waals surface area contributed by atoms with Gasteiger partial charge in [0.05, 0.1) is 18.9 Å². The summed E-state index contributed by atoms with van der Waals surface area (Å²) < 4.78 is 16.6. The van der Waals surface area contributed by atoms with Crippen LogP contribution in [0.5, 0.6) is 0 Å². The van der Waals surface area contributed by atoms with Gasteiger partial charge in [0.15, 0.2) is 5.78 Å². The molecule has 1 amide bonds. The van der Waals surface area contributed by atoms with Crippen LogP contribution >= 0.6 is 0 Å². The van der Waals surface area contributed by atoms with Crippen molar-refractivity contribution in [2.24, 2.45) is 5.92 Å². The minimum Gasteiger partial charge on any atom is -0.651 e. The lowest BCUT2D eigenvalue weighted by molar-refractivity contribution is -0.153. The third-order valence-corrected chi connectivity index (χ3v) is 7.60. The van der Waals surface area contributed by atoms with Crippen molar-refractivity contribution in [3.05, 3.63) is 54.2 Å². The van der Waals surface area contributed by atoms with Crippen molar-refractivity contribution in [1.29, 1.82) is 0 Å². The van der Waals surface area contributed by atoms with Crippen LogP contribution < -0.4 is 5.32 Å². The average molecular weight is 552 g/mol. The van der Waals surface area contributed by atoms with E-state index in [0.29, 0.717) is 12.1 Å². The molecule has 0 saturated carbocycles. The van der Waals surface area contributed by atoms with Gasteiger partial charge in [-0.25, -0.2) is 4.98 Å². The summed E-state index contributed by atoms with van der Waals surface area (Å²) in [7, 11) is 2.83. The van der Waals surface area contributed by atoms with Crippen LogP contribution in [0.15, 0.2) is 48.5 Å². The van der Waals surface area contributed by atoms with Crippen molar-refractivity contribution in [3.8, 4) is 11.3 Å². The first kappa shape index (κ1) is 29.4. The predicted octanol–water partition coefficient (Wildman–Crippen LogP) is 1.97. The summed E-state index contributed by atoms with van der Waals surface area (Å²) in [5.74, 6) is -2.97. The molecule has 12 heteroatoms. The van der Waals surface area contributed by atoms with Gasteiger partial charge in [-0.2, -0.15) is 0 Å². The highest BCUT2D eigenvalue weighted by Crippen LogP contribution is 2.47. The molecule has 2 fully saturated rings. The van der Waals surface area contributed by atoms with E-state index in [2.05, 4.69) is 10.3 Å². The van der Waals surface area contributed by atoms with Gasteiger partial charge in [-0.15, -0.1) is 0 Å². The predicted molar refractivity (Wildman–Crippen MR) is 146 cm³/mol. The van der Waals surface area contributed by atoms with Crippen LogP contribution in [0.3, 0.4) is 0 Å². The average Bonchev–Trinajstić information content (AvgIpc) is 3.43. The van der Waals surface area contributed by atoms with Crippen molar-refractivity contribution in [3.63, 3.8) is 0 Å². The quantitative estimate of drug-likeness (QED) is 0.314. The van der Waals surface area contributed by atoms with E-state index in [1.807, 2.05) is 44.2 Å². The normalized spacial score (nSPS) is 24.3. The monoisotopic (exact) mass is 552 g/mol. The Morgan fingerprint density at radius 1 is 1.12 bits per heavy atom. The number of carbonyl (C=O) groups excluding carboxylic acids is 4. The van der Waals surface area contributed by atoms with Gasteiger partial charge in [0.25, 0.3) is 11.9 Å². The summed E-state index contributed by atoms with van der Waals surface area (Å²) in [5, 5.41) is 13.1. The number of Topliss-reactive ketones (excluding diaryl/α,β-unsaturated/α-hetero) is 1. The number of aliphatic hydroxyl groups excluding tert-OH is 1. The molecule has 2 N–H and O–H groups in total. The van der Waals surface area contributed by atoms with Gasteiger partial charge in [0.2, 0.25) is 0 Å². The van der Waals surface area contributed by atoms with E-state index < -0.39 is 60.4 Å². The fraction of sp³-hybridized carbons (Fsp3) is 0.464. The molecule has 11 nitrogen and oxygen atoms in total. The number of hydrogen-bond donors (Lipinski definition) is 2. The van der Waals surface area contributed by atoms with Crippen LogP contribution in [-0.4, -0.2) is 83.7 Å². The zero-order valence-electron chi connectivity index (χ0n) is 23.3. The fourth-order valence-electron chi connectivity index (χ4n) is 5.71. The second-order valence-electron chi connectivity index (χ2n) is 10.9. The lowest BCUT2D eigenvalue weighted by Crippen LogP contribution is -2.62. The summed E-state index contributed by atoms with van der Waals surface area (Å²) in [6.45, 7) is 2.79. The highest BCUT2D eigenvalue weighted by Gasteiger charge is 2.63. The molecule has 6 atom stereocenters. The van der Waals surface area contributed by atoms with Crippen LogP contribution in [0.2, 0.25) is 5.82 Å². The Morgan fingerprint density at radius 3 is 2.45 bits per heavy atom. The number of ketones is 1. The Balaban J connectivity index is 1.55. The molecule has 2 aromatic rings. The Hall–Kier alpha value is -3.61. The van der Waals surface area contributed by atoms with E-state index >= 15 is 0 Å². The number of amides is 1. The molecule has 40 heavy (non-hydrogen) atoms. The maximum Gasteiger partial charge on any atom is 0.378 e. The van der Waals surface area contributed by atoms with Crippen molar-refractivity contribution >= 4 is 30.3 Å². The lowest BCUT2D eigenvalue weighted by atomic mass is 9.52. The van der Waals surface area contributed by atoms with E-state index in [-0.39, 0.29) is 18.0 Å². The summed E-state index contributed by atoms with van der Waals surface area (Å²) in [5.41, 5.74) is 1.51. The third-order valence-electron chi connectivity index (χ3n) is 7.60. The number of esters is 1. The standard InChI is InChI=1S/C28H35BN3O8/c1-16(2)14-19(29-32(4)24(27(36)38-5)25(39-29)28(37)40-29)15-22(34)23(17(3)33)31-26(35)21-13-9-12-20(30-21)18-10-7-6-8-11-18/h6-13,16-17,19,23-25,33H,14-15H2,1-5H3,(H,31,35)/q-1/t17-,19?,23+,24-,25-,29?/m1/s1. The second kappa shape index (κ2) is 11.9. The molecule has 0 spiro atoms. The van der Waals surface area contributed by atoms with Crippen LogP contribution in [0.1, 0.15) is 44.1 Å². The number of ether oxygens (including phenoxy) is 1. The molecule has 0 aliphatic carbocycles. The number of benzene rings is 1. The zero-order valence-corrected chi connectivity index (χ0v) is 23.3. The number of methoxy groups -OCH3 is 1.